The number of hydrogen-bond donors (Lipinski definition) is 1. The Kier molecular flexibility index (Phi) is 3.82. The molecule has 4 rings (SSSR count). The Bertz CT molecular complexity index is 770. The highest BCUT2D eigenvalue weighted by Gasteiger charge is 2.50. The second kappa shape index (κ2) is 6.02. The Morgan fingerprint density at radius 1 is 1.16 bits per heavy atom. The zero-order valence-electron chi connectivity index (χ0n) is 14.4. The number of hydrogen-bond acceptors (Lipinski definition) is 5. The third-order valence-electron chi connectivity index (χ3n) is 5.80. The van der Waals surface area contributed by atoms with Gasteiger partial charge in [-0.15, -0.1) is 0 Å². The molecule has 6 nitrogen and oxygen atoms in total. The summed E-state index contributed by atoms with van der Waals surface area (Å²) < 4.78 is 0. The van der Waals surface area contributed by atoms with Crippen LogP contribution in [0.15, 0.2) is 42.6 Å². The molecule has 130 valence electrons. The third kappa shape index (κ3) is 2.71. The number of carbonyl (C=O) groups excluding carboxylic acids is 1. The van der Waals surface area contributed by atoms with Crippen molar-refractivity contribution in [1.82, 2.24) is 14.9 Å². The summed E-state index contributed by atoms with van der Waals surface area (Å²) in [6, 6.07) is 12.0. The van der Waals surface area contributed by atoms with Crippen molar-refractivity contribution in [3.8, 4) is 0 Å². The van der Waals surface area contributed by atoms with E-state index in [4.69, 9.17) is 5.73 Å². The molecule has 25 heavy (non-hydrogen) atoms. The molecule has 2 aliphatic rings. The first-order valence-corrected chi connectivity index (χ1v) is 8.75. The number of anilines is 2. The number of aromatic nitrogens is 2. The molecule has 2 N–H and O–H groups in total. The predicted octanol–water partition coefficient (Wildman–Crippen LogP) is 2.04. The predicted molar refractivity (Wildman–Crippen MR) is 97.2 cm³/mol. The van der Waals surface area contributed by atoms with Gasteiger partial charge < -0.3 is 15.5 Å². The number of rotatable bonds is 2. The molecule has 0 bridgehead atoms. The number of carbonyl (C=O) groups is 1. The van der Waals surface area contributed by atoms with Gasteiger partial charge in [0, 0.05) is 31.9 Å². The summed E-state index contributed by atoms with van der Waals surface area (Å²) in [6.07, 6.45) is 4.48. The lowest BCUT2D eigenvalue weighted by atomic mass is 9.81. The maximum absolute atomic E-state index is 12.9. The summed E-state index contributed by atoms with van der Waals surface area (Å²) in [6.45, 7) is 1.74. The van der Waals surface area contributed by atoms with Crippen molar-refractivity contribution in [3.05, 3.63) is 48.2 Å². The van der Waals surface area contributed by atoms with E-state index in [-0.39, 0.29) is 17.4 Å². The quantitative estimate of drug-likeness (QED) is 0.908. The Hall–Kier alpha value is -2.63. The molecular weight excluding hydrogens is 314 g/mol. The number of benzene rings is 1. The van der Waals surface area contributed by atoms with Crippen molar-refractivity contribution < 1.29 is 4.79 Å². The van der Waals surface area contributed by atoms with Crippen molar-refractivity contribution in [2.24, 2.45) is 0 Å². The molecule has 0 unspecified atom stereocenters. The van der Waals surface area contributed by atoms with Crippen LogP contribution in [0.2, 0.25) is 0 Å². The molecule has 1 atom stereocenters. The number of nitrogen functional groups attached to an aromatic ring is 1. The molecule has 0 saturated carbocycles. The SMILES string of the molecule is CN1C(=O)[C@@H](c2ccccc2)CC12CCN(c1ccnc(N)n1)CC2. The van der Waals surface area contributed by atoms with Gasteiger partial charge in [-0.05, 0) is 30.9 Å². The molecule has 3 heterocycles. The minimum Gasteiger partial charge on any atom is -0.368 e. The van der Waals surface area contributed by atoms with Crippen LogP contribution in [0.25, 0.3) is 0 Å². The van der Waals surface area contributed by atoms with Gasteiger partial charge >= 0.3 is 0 Å². The van der Waals surface area contributed by atoms with E-state index in [1.807, 2.05) is 36.2 Å². The smallest absolute Gasteiger partial charge is 0.230 e. The minimum atomic E-state index is -0.0489. The molecule has 6 heteroatoms. The van der Waals surface area contributed by atoms with Crippen LogP contribution in [0.3, 0.4) is 0 Å². The summed E-state index contributed by atoms with van der Waals surface area (Å²) >= 11 is 0. The number of nitrogens with zero attached hydrogens (tertiary/aromatic N) is 4. The molecule has 2 aromatic rings. The second-order valence-electron chi connectivity index (χ2n) is 7.05. The first kappa shape index (κ1) is 15.9. The van der Waals surface area contributed by atoms with Crippen molar-refractivity contribution in [1.29, 1.82) is 0 Å². The topological polar surface area (TPSA) is 75.4 Å². The van der Waals surface area contributed by atoms with Crippen LogP contribution in [0, 0.1) is 0 Å². The molecule has 0 radical (unpaired) electrons. The van der Waals surface area contributed by atoms with E-state index >= 15 is 0 Å². The minimum absolute atomic E-state index is 0.0209. The lowest BCUT2D eigenvalue weighted by Gasteiger charge is -2.43. The van der Waals surface area contributed by atoms with Gasteiger partial charge in [-0.3, -0.25) is 4.79 Å². The Labute approximate surface area is 147 Å². The van der Waals surface area contributed by atoms with E-state index in [0.717, 1.165) is 43.7 Å². The first-order valence-electron chi connectivity index (χ1n) is 8.75. The maximum atomic E-state index is 12.9. The highest BCUT2D eigenvalue weighted by Crippen LogP contribution is 2.45. The zero-order chi connectivity index (χ0) is 17.4. The van der Waals surface area contributed by atoms with E-state index in [1.165, 1.54) is 0 Å². The molecular formula is C19H23N5O. The van der Waals surface area contributed by atoms with Gasteiger partial charge in [-0.1, -0.05) is 30.3 Å². The monoisotopic (exact) mass is 337 g/mol. The van der Waals surface area contributed by atoms with Gasteiger partial charge in [0.05, 0.1) is 5.92 Å². The van der Waals surface area contributed by atoms with Crippen LogP contribution >= 0.6 is 0 Å². The van der Waals surface area contributed by atoms with Gasteiger partial charge in [0.2, 0.25) is 11.9 Å². The normalized spacial score (nSPS) is 22.6. The largest absolute Gasteiger partial charge is 0.368 e. The Morgan fingerprint density at radius 2 is 1.88 bits per heavy atom. The Morgan fingerprint density at radius 3 is 2.56 bits per heavy atom. The molecule has 2 aliphatic heterocycles. The average Bonchev–Trinajstić information content (AvgIpc) is 2.89. The number of likely N-dealkylation sites (tertiary alicyclic amines) is 1. The summed E-state index contributed by atoms with van der Waals surface area (Å²) in [7, 11) is 1.96. The standard InChI is InChI=1S/C19H23N5O/c1-23-17(25)15(14-5-3-2-4-6-14)13-19(23)8-11-24(12-9-19)16-7-10-21-18(20)22-16/h2-7,10,15H,8-9,11-13H2,1H3,(H2,20,21,22)/t15-/m1/s1. The van der Waals surface area contributed by atoms with Crippen molar-refractivity contribution in [3.63, 3.8) is 0 Å². The molecule has 1 amide bonds. The highest BCUT2D eigenvalue weighted by atomic mass is 16.2. The fourth-order valence-corrected chi connectivity index (χ4v) is 4.25. The molecule has 1 aromatic carbocycles. The maximum Gasteiger partial charge on any atom is 0.230 e. The average molecular weight is 337 g/mol. The van der Waals surface area contributed by atoms with E-state index in [2.05, 4.69) is 27.0 Å². The van der Waals surface area contributed by atoms with Gasteiger partial charge in [0.25, 0.3) is 0 Å². The van der Waals surface area contributed by atoms with Crippen LogP contribution in [0.4, 0.5) is 11.8 Å². The van der Waals surface area contributed by atoms with Crippen molar-refractivity contribution in [2.45, 2.75) is 30.7 Å². The third-order valence-corrected chi connectivity index (χ3v) is 5.80. The first-order chi connectivity index (χ1) is 12.1. The fraction of sp³-hybridized carbons (Fsp3) is 0.421. The number of likely N-dealkylation sites (N-methyl/N-ethyl adjacent to an activating group) is 1. The van der Waals surface area contributed by atoms with Crippen molar-refractivity contribution >= 4 is 17.7 Å². The molecule has 1 spiro atoms. The van der Waals surface area contributed by atoms with E-state index in [9.17, 15) is 4.79 Å². The van der Waals surface area contributed by atoms with E-state index < -0.39 is 0 Å². The fourth-order valence-electron chi connectivity index (χ4n) is 4.25. The molecule has 1 aromatic heterocycles. The number of amides is 1. The molecule has 2 saturated heterocycles. The molecule has 2 fully saturated rings. The van der Waals surface area contributed by atoms with Crippen LogP contribution < -0.4 is 10.6 Å². The van der Waals surface area contributed by atoms with Crippen LogP contribution in [0.1, 0.15) is 30.7 Å². The van der Waals surface area contributed by atoms with E-state index in [0.29, 0.717) is 5.95 Å². The van der Waals surface area contributed by atoms with Gasteiger partial charge in [0.15, 0.2) is 0 Å². The van der Waals surface area contributed by atoms with Crippen LogP contribution in [-0.2, 0) is 4.79 Å². The number of piperidine rings is 1. The van der Waals surface area contributed by atoms with Gasteiger partial charge in [0.1, 0.15) is 5.82 Å². The van der Waals surface area contributed by atoms with E-state index in [1.54, 1.807) is 6.20 Å². The van der Waals surface area contributed by atoms with Gasteiger partial charge in [-0.25, -0.2) is 4.98 Å². The lowest BCUT2D eigenvalue weighted by molar-refractivity contribution is -0.131. The second-order valence-corrected chi connectivity index (χ2v) is 7.05. The summed E-state index contributed by atoms with van der Waals surface area (Å²) in [5.74, 6) is 1.39. The van der Waals surface area contributed by atoms with Crippen LogP contribution in [0.5, 0.6) is 0 Å². The summed E-state index contributed by atoms with van der Waals surface area (Å²) in [4.78, 5) is 25.4. The lowest BCUT2D eigenvalue weighted by Crippen LogP contribution is -2.51. The zero-order valence-corrected chi connectivity index (χ0v) is 14.4. The summed E-state index contributed by atoms with van der Waals surface area (Å²) in [5.41, 5.74) is 6.78. The Balaban J connectivity index is 1.51. The summed E-state index contributed by atoms with van der Waals surface area (Å²) in [5, 5.41) is 0. The molecule has 0 aliphatic carbocycles. The van der Waals surface area contributed by atoms with Gasteiger partial charge in [-0.2, -0.15) is 4.98 Å². The van der Waals surface area contributed by atoms with Crippen LogP contribution in [-0.4, -0.2) is 46.5 Å². The highest BCUT2D eigenvalue weighted by molar-refractivity contribution is 5.87. The van der Waals surface area contributed by atoms with Crippen molar-refractivity contribution in [2.75, 3.05) is 30.8 Å². The number of nitrogens with two attached hydrogens (primary N) is 1.